The largest absolute Gasteiger partial charge is 0.312 e. The maximum atomic E-state index is 3.48. The normalized spacial score (nSPS) is 13.6. The van der Waals surface area contributed by atoms with Crippen LogP contribution in [0.2, 0.25) is 0 Å². The minimum absolute atomic E-state index is 0.285. The van der Waals surface area contributed by atoms with E-state index >= 15 is 0 Å². The maximum absolute atomic E-state index is 3.48. The van der Waals surface area contributed by atoms with Crippen LogP contribution in [-0.2, 0) is 0 Å². The van der Waals surface area contributed by atoms with Crippen molar-refractivity contribution in [2.45, 2.75) is 53.5 Å². The van der Waals surface area contributed by atoms with Crippen LogP contribution < -0.4 is 5.32 Å². The second-order valence-corrected chi connectivity index (χ2v) is 5.15. The Hall–Kier alpha value is -0.0400. The lowest BCUT2D eigenvalue weighted by Crippen LogP contribution is -2.42. The van der Waals surface area contributed by atoms with Crippen molar-refractivity contribution in [1.29, 1.82) is 0 Å². The van der Waals surface area contributed by atoms with Crippen molar-refractivity contribution < 1.29 is 0 Å². The highest BCUT2D eigenvalue weighted by Gasteiger charge is 2.23. The predicted molar refractivity (Wildman–Crippen MR) is 51.8 cm³/mol. The Bertz CT molecular complexity index is 109. The lowest BCUT2D eigenvalue weighted by atomic mass is 9.82. The second-order valence-electron chi connectivity index (χ2n) is 5.15. The summed E-state index contributed by atoms with van der Waals surface area (Å²) in [6.07, 6.45) is 1.22. The standard InChI is InChI=1S/C10H23N/c1-7-11-10(5,6)8-9(2,3)4/h11H,7-8H2,1-6H3. The van der Waals surface area contributed by atoms with Gasteiger partial charge < -0.3 is 5.32 Å². The summed E-state index contributed by atoms with van der Waals surface area (Å²) >= 11 is 0. The number of nitrogens with one attached hydrogen (secondary N) is 1. The minimum Gasteiger partial charge on any atom is -0.312 e. The molecular formula is C10H23N. The summed E-state index contributed by atoms with van der Waals surface area (Å²) < 4.78 is 0. The average molecular weight is 157 g/mol. The molecule has 0 saturated heterocycles. The molecule has 0 rings (SSSR count). The summed E-state index contributed by atoms with van der Waals surface area (Å²) in [5.74, 6) is 0. The number of hydrogen-bond acceptors (Lipinski definition) is 1. The molecule has 0 aliphatic rings. The molecule has 0 aliphatic heterocycles. The zero-order valence-corrected chi connectivity index (χ0v) is 8.91. The smallest absolute Gasteiger partial charge is 0.0130 e. The van der Waals surface area contributed by atoms with E-state index in [0.717, 1.165) is 6.54 Å². The van der Waals surface area contributed by atoms with Crippen molar-refractivity contribution in [3.8, 4) is 0 Å². The Labute approximate surface area is 71.6 Å². The molecule has 0 fully saturated rings. The molecule has 0 aromatic carbocycles. The first kappa shape index (κ1) is 11.0. The van der Waals surface area contributed by atoms with Gasteiger partial charge in [0.05, 0.1) is 0 Å². The minimum atomic E-state index is 0.285. The SMILES string of the molecule is CCNC(C)(C)CC(C)(C)C. The Morgan fingerprint density at radius 1 is 1.00 bits per heavy atom. The van der Waals surface area contributed by atoms with E-state index in [-0.39, 0.29) is 5.54 Å². The lowest BCUT2D eigenvalue weighted by Gasteiger charge is -2.33. The van der Waals surface area contributed by atoms with Crippen LogP contribution in [0.25, 0.3) is 0 Å². The molecule has 0 aliphatic carbocycles. The van der Waals surface area contributed by atoms with E-state index < -0.39 is 0 Å². The zero-order valence-electron chi connectivity index (χ0n) is 8.91. The van der Waals surface area contributed by atoms with E-state index in [1.54, 1.807) is 0 Å². The van der Waals surface area contributed by atoms with Crippen LogP contribution in [0.5, 0.6) is 0 Å². The summed E-state index contributed by atoms with van der Waals surface area (Å²) in [7, 11) is 0. The summed E-state index contributed by atoms with van der Waals surface area (Å²) in [5.41, 5.74) is 0.707. The molecule has 0 radical (unpaired) electrons. The average Bonchev–Trinajstić information content (AvgIpc) is 1.55. The van der Waals surface area contributed by atoms with Crippen LogP contribution in [-0.4, -0.2) is 12.1 Å². The molecule has 68 valence electrons. The maximum Gasteiger partial charge on any atom is 0.0130 e. The number of rotatable bonds is 3. The van der Waals surface area contributed by atoms with Gasteiger partial charge in [0.1, 0.15) is 0 Å². The van der Waals surface area contributed by atoms with Gasteiger partial charge in [-0.3, -0.25) is 0 Å². The molecule has 0 aromatic rings. The van der Waals surface area contributed by atoms with Crippen LogP contribution in [0.1, 0.15) is 48.0 Å². The fourth-order valence-electron chi connectivity index (χ4n) is 1.87. The van der Waals surface area contributed by atoms with E-state index in [0.29, 0.717) is 5.41 Å². The summed E-state index contributed by atoms with van der Waals surface area (Å²) in [5, 5.41) is 3.48. The van der Waals surface area contributed by atoms with Crippen molar-refractivity contribution in [3.05, 3.63) is 0 Å². The highest BCUT2D eigenvalue weighted by Crippen LogP contribution is 2.26. The van der Waals surface area contributed by atoms with Gasteiger partial charge in [0, 0.05) is 5.54 Å². The molecule has 0 aromatic heterocycles. The quantitative estimate of drug-likeness (QED) is 0.664. The van der Waals surface area contributed by atoms with Crippen molar-refractivity contribution in [2.75, 3.05) is 6.54 Å². The molecule has 0 spiro atoms. The molecule has 1 heteroatoms. The van der Waals surface area contributed by atoms with Gasteiger partial charge in [0.25, 0.3) is 0 Å². The lowest BCUT2D eigenvalue weighted by molar-refractivity contribution is 0.246. The Balaban J connectivity index is 3.91. The van der Waals surface area contributed by atoms with E-state index in [2.05, 4.69) is 46.9 Å². The van der Waals surface area contributed by atoms with Crippen LogP contribution in [0, 0.1) is 5.41 Å². The van der Waals surface area contributed by atoms with Gasteiger partial charge in [-0.1, -0.05) is 27.7 Å². The molecule has 0 atom stereocenters. The van der Waals surface area contributed by atoms with Gasteiger partial charge in [0.2, 0.25) is 0 Å². The first-order valence-electron chi connectivity index (χ1n) is 4.52. The van der Waals surface area contributed by atoms with Crippen LogP contribution in [0.4, 0.5) is 0 Å². The summed E-state index contributed by atoms with van der Waals surface area (Å²) in [6, 6.07) is 0. The third-order valence-corrected chi connectivity index (χ3v) is 1.63. The molecule has 11 heavy (non-hydrogen) atoms. The molecular weight excluding hydrogens is 134 g/mol. The van der Waals surface area contributed by atoms with Gasteiger partial charge in [-0.15, -0.1) is 0 Å². The summed E-state index contributed by atoms with van der Waals surface area (Å²) in [4.78, 5) is 0. The van der Waals surface area contributed by atoms with E-state index in [1.165, 1.54) is 6.42 Å². The molecule has 0 saturated carbocycles. The molecule has 1 nitrogen and oxygen atoms in total. The monoisotopic (exact) mass is 157 g/mol. The van der Waals surface area contributed by atoms with E-state index in [4.69, 9.17) is 0 Å². The Kier molecular flexibility index (Phi) is 3.56. The van der Waals surface area contributed by atoms with Gasteiger partial charge in [0.15, 0.2) is 0 Å². The van der Waals surface area contributed by atoms with Crippen molar-refractivity contribution in [3.63, 3.8) is 0 Å². The molecule has 0 amide bonds. The van der Waals surface area contributed by atoms with Gasteiger partial charge in [-0.05, 0) is 32.2 Å². The highest BCUT2D eigenvalue weighted by atomic mass is 14.9. The van der Waals surface area contributed by atoms with Gasteiger partial charge in [-0.2, -0.15) is 0 Å². The van der Waals surface area contributed by atoms with Crippen LogP contribution >= 0.6 is 0 Å². The second kappa shape index (κ2) is 3.57. The Morgan fingerprint density at radius 2 is 1.45 bits per heavy atom. The predicted octanol–water partition coefficient (Wildman–Crippen LogP) is 2.81. The third-order valence-electron chi connectivity index (χ3n) is 1.63. The third kappa shape index (κ3) is 6.36. The van der Waals surface area contributed by atoms with E-state index in [1.807, 2.05) is 0 Å². The fourth-order valence-corrected chi connectivity index (χ4v) is 1.87. The van der Waals surface area contributed by atoms with Crippen LogP contribution in [0.15, 0.2) is 0 Å². The first-order valence-corrected chi connectivity index (χ1v) is 4.52. The molecule has 0 unspecified atom stereocenters. The summed E-state index contributed by atoms with van der Waals surface area (Å²) in [6.45, 7) is 14.6. The van der Waals surface area contributed by atoms with Crippen LogP contribution in [0.3, 0.4) is 0 Å². The highest BCUT2D eigenvalue weighted by molar-refractivity contribution is 4.82. The van der Waals surface area contributed by atoms with Crippen molar-refractivity contribution in [2.24, 2.45) is 5.41 Å². The Morgan fingerprint density at radius 3 is 1.73 bits per heavy atom. The van der Waals surface area contributed by atoms with Crippen molar-refractivity contribution >= 4 is 0 Å². The first-order chi connectivity index (χ1) is 4.77. The molecule has 0 heterocycles. The fraction of sp³-hybridized carbons (Fsp3) is 1.00. The van der Waals surface area contributed by atoms with E-state index in [9.17, 15) is 0 Å². The zero-order chi connectivity index (χ0) is 9.12. The van der Waals surface area contributed by atoms with Gasteiger partial charge >= 0.3 is 0 Å². The molecule has 1 N–H and O–H groups in total. The van der Waals surface area contributed by atoms with Crippen molar-refractivity contribution in [1.82, 2.24) is 5.32 Å². The molecule has 0 bridgehead atoms. The topological polar surface area (TPSA) is 12.0 Å². The number of hydrogen-bond donors (Lipinski definition) is 1. The van der Waals surface area contributed by atoms with Gasteiger partial charge in [-0.25, -0.2) is 0 Å².